The van der Waals surface area contributed by atoms with Gasteiger partial charge in [0.15, 0.2) is 0 Å². The van der Waals surface area contributed by atoms with Crippen molar-refractivity contribution in [2.45, 2.75) is 11.6 Å². The molecule has 0 fully saturated rings. The Labute approximate surface area is 88.1 Å². The molecule has 1 aromatic heterocycles. The van der Waals surface area contributed by atoms with Gasteiger partial charge in [-0.25, -0.2) is 4.98 Å². The zero-order valence-corrected chi connectivity index (χ0v) is 9.75. The van der Waals surface area contributed by atoms with Crippen LogP contribution in [0.15, 0.2) is 18.7 Å². The summed E-state index contributed by atoms with van der Waals surface area (Å²) in [5, 5.41) is 7.51. The van der Waals surface area contributed by atoms with Gasteiger partial charge in [-0.1, -0.05) is 0 Å². The first-order valence-electron chi connectivity index (χ1n) is 3.95. The molecule has 0 bridgehead atoms. The molecule has 0 aliphatic heterocycles. The number of rotatable bonds is 4. The molecule has 5 N–H and O–H groups in total. The predicted molar refractivity (Wildman–Crippen MR) is 55.8 cm³/mol. The molecule has 1 unspecified atom stereocenters. The van der Waals surface area contributed by atoms with E-state index in [0.717, 1.165) is 0 Å². The van der Waals surface area contributed by atoms with Crippen molar-refractivity contribution in [2.24, 2.45) is 0 Å². The van der Waals surface area contributed by atoms with Crippen LogP contribution in [0, 0.1) is 0 Å². The van der Waals surface area contributed by atoms with Crippen LogP contribution in [0.4, 0.5) is 0 Å². The quantitative estimate of drug-likeness (QED) is 0.453. The first kappa shape index (κ1) is 12.9. The van der Waals surface area contributed by atoms with Crippen molar-refractivity contribution in [3.63, 3.8) is 0 Å². The molecular weight excluding hydrogens is 242 g/mol. The monoisotopic (exact) mass is 255 g/mol. The zero-order valence-electron chi connectivity index (χ0n) is 7.96. The predicted octanol–water partition coefficient (Wildman–Crippen LogP) is -0.712. The van der Waals surface area contributed by atoms with E-state index < -0.39 is 21.2 Å². The summed E-state index contributed by atoms with van der Waals surface area (Å²) in [7, 11) is -6.68. The summed E-state index contributed by atoms with van der Waals surface area (Å²) >= 11 is 0. The van der Waals surface area contributed by atoms with Crippen molar-refractivity contribution in [1.82, 2.24) is 9.55 Å². The van der Waals surface area contributed by atoms with Gasteiger partial charge in [0.05, 0.1) is 6.33 Å². The summed E-state index contributed by atoms with van der Waals surface area (Å²) in [6.45, 7) is 0.895. The Bertz CT molecular complexity index is 312. The molecule has 7 nitrogen and oxygen atoms in total. The van der Waals surface area contributed by atoms with E-state index in [4.69, 9.17) is 14.7 Å². The molecule has 1 aromatic rings. The summed E-state index contributed by atoms with van der Waals surface area (Å²) in [6, 6.07) is 0. The van der Waals surface area contributed by atoms with Gasteiger partial charge in [-0.05, 0) is 6.66 Å². The van der Waals surface area contributed by atoms with Crippen LogP contribution in [0.1, 0.15) is 0 Å². The molecule has 0 aromatic carbocycles. The third kappa shape index (κ3) is 2.71. The molecule has 9 heteroatoms. The van der Waals surface area contributed by atoms with Gasteiger partial charge in [0.25, 0.3) is 0 Å². The molecule has 1 heterocycles. The number of nitrogens with zero attached hydrogens (tertiary/aromatic N) is 2. The van der Waals surface area contributed by atoms with Crippen molar-refractivity contribution in [2.75, 3.05) is 6.66 Å². The lowest BCUT2D eigenvalue weighted by molar-refractivity contribution is 0.126. The van der Waals surface area contributed by atoms with Crippen molar-refractivity contribution >= 4 is 16.1 Å². The van der Waals surface area contributed by atoms with Crippen LogP contribution in [-0.2, 0) is 6.54 Å². The van der Waals surface area contributed by atoms with Gasteiger partial charge in [0.2, 0.25) is 0 Å². The van der Waals surface area contributed by atoms with Gasteiger partial charge in [0.1, 0.15) is 14.7 Å². The normalized spacial score (nSPS) is 18.5. The van der Waals surface area contributed by atoms with E-state index in [1.165, 1.54) is 30.0 Å². The highest BCUT2D eigenvalue weighted by Gasteiger charge is 2.62. The van der Waals surface area contributed by atoms with Gasteiger partial charge in [0, 0.05) is 12.4 Å². The molecule has 0 radical (unpaired) electrons. The van der Waals surface area contributed by atoms with E-state index in [1.807, 2.05) is 0 Å². The third-order valence-electron chi connectivity index (χ3n) is 1.95. The fourth-order valence-electron chi connectivity index (χ4n) is 1.02. The Morgan fingerprint density at radius 3 is 2.40 bits per heavy atom. The number of aliphatic hydroxyl groups is 1. The lowest BCUT2D eigenvalue weighted by Crippen LogP contribution is -2.34. The summed E-state index contributed by atoms with van der Waals surface area (Å²) in [4.78, 5) is 40.3. The van der Waals surface area contributed by atoms with Gasteiger partial charge >= 0.3 is 13.0 Å². The fourth-order valence-corrected chi connectivity index (χ4v) is 3.29. The van der Waals surface area contributed by atoms with Crippen LogP contribution in [-0.4, -0.2) is 46.0 Å². The smallest absolute Gasteiger partial charge is 0.367 e. The maximum absolute atomic E-state index is 9.83. The molecule has 15 heavy (non-hydrogen) atoms. The Morgan fingerprint density at radius 2 is 2.07 bits per heavy atom. The van der Waals surface area contributed by atoms with Crippen LogP contribution in [0.5, 0.6) is 0 Å². The van der Waals surface area contributed by atoms with Gasteiger partial charge in [-0.3, -0.25) is 0 Å². The standard InChI is InChI=1S/C6H13N2O5P2/c1-14(10)6(9,15(11,12)13)4-8-3-2-7-5-8/h2-3,5,9-13H,4H2,1H3/q+1/t6?,14-/m1/s1. The number of hydrogen-bond acceptors (Lipinski definition) is 6. The van der Waals surface area contributed by atoms with Gasteiger partial charge in [-0.15, -0.1) is 0 Å². The number of imidazole rings is 1. The second kappa shape index (κ2) is 4.39. The van der Waals surface area contributed by atoms with Crippen LogP contribution in [0.2, 0.25) is 0 Å². The molecule has 0 spiro atoms. The molecule has 2 atom stereocenters. The summed E-state index contributed by atoms with van der Waals surface area (Å²) in [5.41, 5.74) is 0. The lowest BCUT2D eigenvalue weighted by atomic mass is 10.6. The van der Waals surface area contributed by atoms with Gasteiger partial charge < -0.3 is 14.6 Å². The van der Waals surface area contributed by atoms with E-state index >= 15 is 0 Å². The average molecular weight is 255 g/mol. The molecule has 0 saturated carbocycles. The van der Waals surface area contributed by atoms with Crippen LogP contribution < -0.4 is 0 Å². The molecule has 0 aliphatic rings. The molecule has 0 aliphatic carbocycles. The molecule has 1 rings (SSSR count). The van der Waals surface area contributed by atoms with E-state index in [0.29, 0.717) is 0 Å². The first-order valence-corrected chi connectivity index (χ1v) is 7.34. The highest BCUT2D eigenvalue weighted by atomic mass is 31.3. The van der Waals surface area contributed by atoms with Crippen LogP contribution >= 0.6 is 16.1 Å². The summed E-state index contributed by atoms with van der Waals surface area (Å²) in [5.74, 6) is 0. The summed E-state index contributed by atoms with van der Waals surface area (Å²) < 4.78 is 1.34. The third-order valence-corrected chi connectivity index (χ3v) is 5.91. The Kier molecular flexibility index (Phi) is 3.79. The minimum atomic E-state index is -4.55. The largest absolute Gasteiger partial charge is 0.446 e. The van der Waals surface area contributed by atoms with Crippen molar-refractivity contribution in [3.8, 4) is 0 Å². The highest BCUT2D eigenvalue weighted by molar-refractivity contribution is 7.74. The SMILES string of the molecule is C[P@@](O)C(O)(Cn1ccnc1)[P+](O)(O)O. The second-order valence-electron chi connectivity index (χ2n) is 3.10. The van der Waals surface area contributed by atoms with Crippen molar-refractivity contribution < 1.29 is 24.7 Å². The van der Waals surface area contributed by atoms with Crippen molar-refractivity contribution in [1.29, 1.82) is 0 Å². The zero-order chi connectivity index (χ0) is 11.7. The van der Waals surface area contributed by atoms with E-state index in [1.54, 1.807) is 0 Å². The topological polar surface area (TPSA) is 119 Å². The van der Waals surface area contributed by atoms with Crippen LogP contribution in [0.3, 0.4) is 0 Å². The Morgan fingerprint density at radius 1 is 1.47 bits per heavy atom. The van der Waals surface area contributed by atoms with E-state index in [-0.39, 0.29) is 6.54 Å². The maximum Gasteiger partial charge on any atom is 0.446 e. The highest BCUT2D eigenvalue weighted by Crippen LogP contribution is 2.69. The number of hydrogen-bond donors (Lipinski definition) is 5. The minimum Gasteiger partial charge on any atom is -0.367 e. The Hall–Kier alpha value is -0.130. The molecule has 0 saturated heterocycles. The molecule has 0 amide bonds. The second-order valence-corrected chi connectivity index (χ2v) is 7.12. The van der Waals surface area contributed by atoms with Crippen molar-refractivity contribution in [3.05, 3.63) is 18.7 Å². The lowest BCUT2D eigenvalue weighted by Gasteiger charge is -2.28. The number of aromatic nitrogens is 2. The first-order chi connectivity index (χ1) is 6.77. The van der Waals surface area contributed by atoms with Crippen LogP contribution in [0.25, 0.3) is 0 Å². The minimum absolute atomic E-state index is 0.330. The summed E-state index contributed by atoms with van der Waals surface area (Å²) in [6.07, 6.45) is 4.24. The Balaban J connectivity index is 2.93. The molecule has 86 valence electrons. The average Bonchev–Trinajstić information content (AvgIpc) is 2.54. The van der Waals surface area contributed by atoms with Gasteiger partial charge in [-0.2, -0.15) is 14.7 Å². The fraction of sp³-hybridized carbons (Fsp3) is 0.500. The maximum atomic E-state index is 9.83. The molecular formula is C6H13N2O5P2+. The van der Waals surface area contributed by atoms with E-state index in [9.17, 15) is 10.00 Å². The van der Waals surface area contributed by atoms with E-state index in [2.05, 4.69) is 4.98 Å².